The van der Waals surface area contributed by atoms with E-state index in [-0.39, 0.29) is 5.41 Å². The topological polar surface area (TPSA) is 81.2 Å². The Labute approximate surface area is 137 Å². The second-order valence-corrected chi connectivity index (χ2v) is 6.46. The minimum Gasteiger partial charge on any atom is -0.328 e. The predicted molar refractivity (Wildman–Crippen MR) is 88.8 cm³/mol. The summed E-state index contributed by atoms with van der Waals surface area (Å²) in [7, 11) is 0. The Balaban J connectivity index is 0.000000541. The molecule has 0 saturated heterocycles. The van der Waals surface area contributed by atoms with Crippen molar-refractivity contribution in [1.29, 1.82) is 0 Å². The molecule has 6 nitrogen and oxygen atoms in total. The van der Waals surface area contributed by atoms with Crippen LogP contribution in [-0.4, -0.2) is 19.8 Å². The van der Waals surface area contributed by atoms with Gasteiger partial charge in [0.1, 0.15) is 0 Å². The van der Waals surface area contributed by atoms with Crippen LogP contribution in [-0.2, 0) is 0 Å². The number of allylic oxidation sites excluding steroid dienone is 1. The van der Waals surface area contributed by atoms with Gasteiger partial charge in [-0.2, -0.15) is 0 Å². The highest BCUT2D eigenvalue weighted by molar-refractivity contribution is 9.10. The van der Waals surface area contributed by atoms with E-state index in [9.17, 15) is 0 Å². The molecule has 7 heteroatoms. The highest BCUT2D eigenvalue weighted by Gasteiger charge is 2.18. The maximum absolute atomic E-state index is 8.36. The lowest BCUT2D eigenvalue weighted by Crippen LogP contribution is -2.09. The molecule has 22 heavy (non-hydrogen) atoms. The SMILES string of the molecule is CC(C)(C)/C(=C\n1ccnc1)c1ccc(Br)cc1.O=[N+]([O-])O. The summed E-state index contributed by atoms with van der Waals surface area (Å²) < 4.78 is 3.09. The molecule has 2 rings (SSSR count). The van der Waals surface area contributed by atoms with Gasteiger partial charge in [-0.3, -0.25) is 0 Å². The number of aromatic nitrogens is 2. The fourth-order valence-corrected chi connectivity index (χ4v) is 2.09. The van der Waals surface area contributed by atoms with Gasteiger partial charge in [-0.15, -0.1) is 10.1 Å². The van der Waals surface area contributed by atoms with Crippen molar-refractivity contribution in [2.45, 2.75) is 20.8 Å². The Morgan fingerprint density at radius 3 is 2.32 bits per heavy atom. The highest BCUT2D eigenvalue weighted by atomic mass is 79.9. The van der Waals surface area contributed by atoms with Crippen LogP contribution in [0.1, 0.15) is 26.3 Å². The van der Waals surface area contributed by atoms with Crippen molar-refractivity contribution >= 4 is 27.7 Å². The summed E-state index contributed by atoms with van der Waals surface area (Å²) in [5, 5.41) is 13.6. The van der Waals surface area contributed by atoms with Crippen LogP contribution in [0.2, 0.25) is 0 Å². The molecular formula is C15H18BrN3O3. The van der Waals surface area contributed by atoms with Gasteiger partial charge in [0.2, 0.25) is 0 Å². The summed E-state index contributed by atoms with van der Waals surface area (Å²) in [6.45, 7) is 6.66. The molecule has 1 N–H and O–H groups in total. The van der Waals surface area contributed by atoms with Gasteiger partial charge in [0.25, 0.3) is 5.09 Å². The van der Waals surface area contributed by atoms with Crippen LogP contribution in [0, 0.1) is 15.5 Å². The summed E-state index contributed by atoms with van der Waals surface area (Å²) in [5.74, 6) is 0. The van der Waals surface area contributed by atoms with E-state index in [0.29, 0.717) is 0 Å². The summed E-state index contributed by atoms with van der Waals surface area (Å²) in [6.07, 6.45) is 7.68. The zero-order chi connectivity index (χ0) is 16.8. The standard InChI is InChI=1S/C15H17BrN2.HNO3/c1-15(2,3)14(10-18-9-8-17-11-18)12-4-6-13(16)7-5-12;2-1(3)4/h4-11H,1-3H3;(H,2,3,4)/b14-10-;. The second-order valence-electron chi connectivity index (χ2n) is 5.55. The number of nitrogens with zero attached hydrogens (tertiary/aromatic N) is 3. The number of hydrogen-bond donors (Lipinski definition) is 1. The van der Waals surface area contributed by atoms with Crippen molar-refractivity contribution in [2.24, 2.45) is 5.41 Å². The lowest BCUT2D eigenvalue weighted by atomic mass is 9.83. The molecule has 0 unspecified atom stereocenters. The Hall–Kier alpha value is -2.15. The molecule has 0 fully saturated rings. The van der Waals surface area contributed by atoms with Gasteiger partial charge in [0, 0.05) is 23.1 Å². The predicted octanol–water partition coefficient (Wildman–Crippen LogP) is 4.34. The number of hydrogen-bond acceptors (Lipinski definition) is 3. The van der Waals surface area contributed by atoms with E-state index >= 15 is 0 Å². The van der Waals surface area contributed by atoms with E-state index in [1.165, 1.54) is 11.1 Å². The molecule has 2 aromatic rings. The lowest BCUT2D eigenvalue weighted by Gasteiger charge is -2.23. The van der Waals surface area contributed by atoms with Crippen LogP contribution >= 0.6 is 15.9 Å². The van der Waals surface area contributed by atoms with Crippen molar-refractivity contribution in [3.8, 4) is 0 Å². The first-order valence-electron chi connectivity index (χ1n) is 6.49. The molecular weight excluding hydrogens is 350 g/mol. The van der Waals surface area contributed by atoms with Gasteiger partial charge in [0.15, 0.2) is 0 Å². The molecule has 1 aromatic carbocycles. The number of imidazole rings is 1. The maximum atomic E-state index is 8.36. The molecule has 0 aliphatic rings. The largest absolute Gasteiger partial charge is 0.328 e. The molecule has 0 aliphatic carbocycles. The van der Waals surface area contributed by atoms with Crippen molar-refractivity contribution < 1.29 is 10.3 Å². The molecule has 0 saturated carbocycles. The summed E-state index contributed by atoms with van der Waals surface area (Å²) in [4.78, 5) is 12.4. The molecule has 0 amide bonds. The monoisotopic (exact) mass is 367 g/mol. The average molecular weight is 368 g/mol. The summed E-state index contributed by atoms with van der Waals surface area (Å²) in [6, 6.07) is 8.42. The Morgan fingerprint density at radius 1 is 1.36 bits per heavy atom. The molecule has 1 heterocycles. The zero-order valence-corrected chi connectivity index (χ0v) is 14.2. The summed E-state index contributed by atoms with van der Waals surface area (Å²) in [5.41, 5.74) is 2.60. The Bertz CT molecular complexity index is 625. The van der Waals surface area contributed by atoms with Crippen molar-refractivity contribution in [2.75, 3.05) is 0 Å². The number of halogens is 1. The van der Waals surface area contributed by atoms with Gasteiger partial charge >= 0.3 is 0 Å². The van der Waals surface area contributed by atoms with E-state index in [1.807, 2.05) is 17.1 Å². The molecule has 118 valence electrons. The van der Waals surface area contributed by atoms with Crippen molar-refractivity contribution in [1.82, 2.24) is 9.55 Å². The van der Waals surface area contributed by atoms with Crippen LogP contribution in [0.4, 0.5) is 0 Å². The van der Waals surface area contributed by atoms with Crippen molar-refractivity contribution in [3.05, 3.63) is 63.1 Å². The lowest BCUT2D eigenvalue weighted by molar-refractivity contribution is -0.742. The third-order valence-electron chi connectivity index (χ3n) is 2.77. The van der Waals surface area contributed by atoms with E-state index in [2.05, 4.69) is 72.2 Å². The summed E-state index contributed by atoms with van der Waals surface area (Å²) >= 11 is 3.47. The maximum Gasteiger partial charge on any atom is 0.291 e. The third kappa shape index (κ3) is 6.09. The van der Waals surface area contributed by atoms with Crippen LogP contribution in [0.25, 0.3) is 11.8 Å². The fourth-order valence-electron chi connectivity index (χ4n) is 1.83. The number of benzene rings is 1. The van der Waals surface area contributed by atoms with Gasteiger partial charge in [0.05, 0.1) is 6.33 Å². The fraction of sp³-hybridized carbons (Fsp3) is 0.267. The van der Waals surface area contributed by atoms with E-state index in [1.54, 1.807) is 6.20 Å². The van der Waals surface area contributed by atoms with E-state index in [0.717, 1.165) is 4.47 Å². The van der Waals surface area contributed by atoms with Gasteiger partial charge in [-0.05, 0) is 28.7 Å². The Morgan fingerprint density at radius 2 is 1.91 bits per heavy atom. The third-order valence-corrected chi connectivity index (χ3v) is 3.29. The van der Waals surface area contributed by atoms with Crippen LogP contribution in [0.5, 0.6) is 0 Å². The first kappa shape index (κ1) is 17.9. The molecule has 0 aliphatic heterocycles. The second kappa shape index (κ2) is 7.74. The van der Waals surface area contributed by atoms with Gasteiger partial charge in [-0.25, -0.2) is 4.98 Å². The zero-order valence-electron chi connectivity index (χ0n) is 12.6. The minimum atomic E-state index is -1.50. The van der Waals surface area contributed by atoms with Crippen molar-refractivity contribution in [3.63, 3.8) is 0 Å². The molecule has 0 atom stereocenters. The molecule has 0 radical (unpaired) electrons. The van der Waals surface area contributed by atoms with E-state index in [4.69, 9.17) is 15.3 Å². The van der Waals surface area contributed by atoms with Gasteiger partial charge in [-0.1, -0.05) is 48.8 Å². The van der Waals surface area contributed by atoms with Gasteiger partial charge < -0.3 is 9.77 Å². The average Bonchev–Trinajstić information content (AvgIpc) is 2.88. The molecule has 0 bridgehead atoms. The first-order valence-corrected chi connectivity index (χ1v) is 7.28. The van der Waals surface area contributed by atoms with Crippen LogP contribution in [0.3, 0.4) is 0 Å². The Kier molecular flexibility index (Phi) is 6.30. The van der Waals surface area contributed by atoms with E-state index < -0.39 is 5.09 Å². The molecule has 1 aromatic heterocycles. The number of rotatable bonds is 2. The minimum absolute atomic E-state index is 0.0814. The quantitative estimate of drug-likeness (QED) is 0.632. The first-order chi connectivity index (χ1) is 10.2. The normalized spacial score (nSPS) is 11.5. The van der Waals surface area contributed by atoms with Crippen LogP contribution < -0.4 is 0 Å². The molecule has 0 spiro atoms. The van der Waals surface area contributed by atoms with Crippen LogP contribution in [0.15, 0.2) is 47.5 Å². The smallest absolute Gasteiger partial charge is 0.291 e. The highest BCUT2D eigenvalue weighted by Crippen LogP contribution is 2.35.